The molecule has 0 saturated carbocycles. The maximum atomic E-state index is 10.7. The van der Waals surface area contributed by atoms with Gasteiger partial charge in [-0.3, -0.25) is 15.1 Å². The molecule has 0 aliphatic heterocycles. The number of hydrogen-bond acceptors (Lipinski definition) is 6. The van der Waals surface area contributed by atoms with Crippen molar-refractivity contribution in [2.24, 2.45) is 4.99 Å². The zero-order valence-electron chi connectivity index (χ0n) is 12.1. The van der Waals surface area contributed by atoms with Gasteiger partial charge >= 0.3 is 5.95 Å². The quantitative estimate of drug-likeness (QED) is 0.430. The second-order valence-corrected chi connectivity index (χ2v) is 5.19. The number of oxazole rings is 1. The predicted molar refractivity (Wildman–Crippen MR) is 89.0 cm³/mol. The highest BCUT2D eigenvalue weighted by Gasteiger charge is 2.13. The fourth-order valence-corrected chi connectivity index (χ4v) is 2.13. The number of nitro benzene ring substituents is 1. The molecule has 2 aromatic carbocycles. The first-order valence-corrected chi connectivity index (χ1v) is 7.15. The molecule has 3 aromatic rings. The first-order chi connectivity index (χ1) is 11.5. The normalized spacial score (nSPS) is 11.0. The summed E-state index contributed by atoms with van der Waals surface area (Å²) in [5.41, 5.74) is 1.20. The van der Waals surface area contributed by atoms with E-state index in [1.807, 2.05) is 0 Å². The molecule has 120 valence electrons. The summed E-state index contributed by atoms with van der Waals surface area (Å²) in [4.78, 5) is 18.4. The van der Waals surface area contributed by atoms with Crippen LogP contribution in [0.1, 0.15) is 5.69 Å². The zero-order valence-corrected chi connectivity index (χ0v) is 12.8. The van der Waals surface area contributed by atoms with Crippen molar-refractivity contribution < 1.29 is 14.4 Å². The Labute approximate surface area is 141 Å². The van der Waals surface area contributed by atoms with Crippen LogP contribution in [0.4, 0.5) is 11.4 Å². The van der Waals surface area contributed by atoms with E-state index in [4.69, 9.17) is 16.0 Å². The highest BCUT2D eigenvalue weighted by Crippen LogP contribution is 2.27. The van der Waals surface area contributed by atoms with E-state index in [9.17, 15) is 15.2 Å². The third kappa shape index (κ3) is 3.41. The fourth-order valence-electron chi connectivity index (χ4n) is 1.95. The van der Waals surface area contributed by atoms with Gasteiger partial charge in [0.1, 0.15) is 0 Å². The van der Waals surface area contributed by atoms with E-state index in [0.717, 1.165) is 0 Å². The van der Waals surface area contributed by atoms with E-state index < -0.39 is 10.9 Å². The van der Waals surface area contributed by atoms with Gasteiger partial charge in [0.05, 0.1) is 16.8 Å². The standard InChI is InChI=1S/C16H10ClN3O4/c17-11-2-1-3-12(8-11)18-9-14-16(21)24-15(19-14)10-4-6-13(7-5-10)20(22)23/h1-9,21H. The van der Waals surface area contributed by atoms with Crippen LogP contribution >= 0.6 is 11.6 Å². The van der Waals surface area contributed by atoms with Crippen molar-refractivity contribution in [3.8, 4) is 17.4 Å². The minimum Gasteiger partial charge on any atom is -0.479 e. The van der Waals surface area contributed by atoms with Crippen LogP contribution in [0, 0.1) is 10.1 Å². The van der Waals surface area contributed by atoms with Crippen LogP contribution < -0.4 is 0 Å². The number of nitrogens with zero attached hydrogens (tertiary/aromatic N) is 3. The molecule has 1 aromatic heterocycles. The summed E-state index contributed by atoms with van der Waals surface area (Å²) in [6, 6.07) is 12.5. The number of nitro groups is 1. The molecule has 0 aliphatic carbocycles. The smallest absolute Gasteiger partial charge is 0.312 e. The van der Waals surface area contributed by atoms with Gasteiger partial charge in [-0.1, -0.05) is 17.7 Å². The molecule has 1 heterocycles. The molecule has 0 spiro atoms. The summed E-state index contributed by atoms with van der Waals surface area (Å²) in [6.07, 6.45) is 1.35. The molecule has 0 aliphatic rings. The Balaban J connectivity index is 1.86. The maximum absolute atomic E-state index is 10.7. The highest BCUT2D eigenvalue weighted by atomic mass is 35.5. The van der Waals surface area contributed by atoms with E-state index >= 15 is 0 Å². The average molecular weight is 344 g/mol. The second-order valence-electron chi connectivity index (χ2n) is 4.75. The molecule has 0 saturated heterocycles. The molecule has 3 rings (SSSR count). The van der Waals surface area contributed by atoms with Crippen LogP contribution in [-0.2, 0) is 0 Å². The Hall–Kier alpha value is -3.19. The van der Waals surface area contributed by atoms with Gasteiger partial charge in [0.2, 0.25) is 5.89 Å². The average Bonchev–Trinajstić information content (AvgIpc) is 2.94. The van der Waals surface area contributed by atoms with Gasteiger partial charge in [0.15, 0.2) is 5.69 Å². The molecular weight excluding hydrogens is 334 g/mol. The Morgan fingerprint density at radius 3 is 2.67 bits per heavy atom. The van der Waals surface area contributed by atoms with Crippen LogP contribution in [0.25, 0.3) is 11.5 Å². The number of aromatic nitrogens is 1. The number of aliphatic imine (C=N–C) groups is 1. The van der Waals surface area contributed by atoms with Gasteiger partial charge in [0, 0.05) is 22.7 Å². The van der Waals surface area contributed by atoms with Crippen molar-refractivity contribution in [2.75, 3.05) is 0 Å². The first kappa shape index (κ1) is 15.7. The molecule has 24 heavy (non-hydrogen) atoms. The minimum absolute atomic E-state index is 0.0442. The number of halogens is 1. The molecule has 0 radical (unpaired) electrons. The Bertz CT molecular complexity index is 919. The predicted octanol–water partition coefficient (Wildman–Crippen LogP) is 4.36. The van der Waals surface area contributed by atoms with E-state index in [0.29, 0.717) is 16.3 Å². The number of hydrogen-bond donors (Lipinski definition) is 1. The van der Waals surface area contributed by atoms with Gasteiger partial charge in [-0.25, -0.2) is 4.98 Å². The van der Waals surface area contributed by atoms with Crippen LogP contribution in [0.15, 0.2) is 57.9 Å². The Morgan fingerprint density at radius 1 is 1.25 bits per heavy atom. The van der Waals surface area contributed by atoms with Crippen molar-refractivity contribution in [2.45, 2.75) is 0 Å². The van der Waals surface area contributed by atoms with E-state index in [-0.39, 0.29) is 17.3 Å². The summed E-state index contributed by atoms with van der Waals surface area (Å²) >= 11 is 5.87. The van der Waals surface area contributed by atoms with Crippen molar-refractivity contribution in [3.05, 3.63) is 69.4 Å². The largest absolute Gasteiger partial charge is 0.479 e. The SMILES string of the molecule is O=[N+]([O-])c1ccc(-c2nc(C=Nc3cccc(Cl)c3)c(O)o2)cc1. The molecule has 0 fully saturated rings. The second kappa shape index (κ2) is 6.51. The topological polar surface area (TPSA) is 102 Å². The van der Waals surface area contributed by atoms with Gasteiger partial charge < -0.3 is 9.52 Å². The van der Waals surface area contributed by atoms with Crippen LogP contribution in [0.2, 0.25) is 5.02 Å². The highest BCUT2D eigenvalue weighted by molar-refractivity contribution is 6.30. The van der Waals surface area contributed by atoms with Crippen molar-refractivity contribution in [3.63, 3.8) is 0 Å². The lowest BCUT2D eigenvalue weighted by Gasteiger charge is -1.94. The zero-order chi connectivity index (χ0) is 17.1. The first-order valence-electron chi connectivity index (χ1n) is 6.77. The number of rotatable bonds is 4. The summed E-state index contributed by atoms with van der Waals surface area (Å²) in [7, 11) is 0. The molecule has 0 unspecified atom stereocenters. The summed E-state index contributed by atoms with van der Waals surface area (Å²) in [5.74, 6) is -0.260. The fraction of sp³-hybridized carbons (Fsp3) is 0. The van der Waals surface area contributed by atoms with Gasteiger partial charge in [-0.05, 0) is 30.3 Å². The molecule has 0 atom stereocenters. The van der Waals surface area contributed by atoms with Crippen molar-refractivity contribution in [1.29, 1.82) is 0 Å². The van der Waals surface area contributed by atoms with Gasteiger partial charge in [0.25, 0.3) is 5.69 Å². The summed E-state index contributed by atoms with van der Waals surface area (Å²) in [6.45, 7) is 0. The van der Waals surface area contributed by atoms with E-state index in [1.54, 1.807) is 24.3 Å². The number of aromatic hydroxyl groups is 1. The lowest BCUT2D eigenvalue weighted by Crippen LogP contribution is -1.87. The summed E-state index contributed by atoms with van der Waals surface area (Å²) < 4.78 is 5.17. The van der Waals surface area contributed by atoms with Crippen molar-refractivity contribution >= 4 is 29.2 Å². The third-order valence-electron chi connectivity index (χ3n) is 3.10. The van der Waals surface area contributed by atoms with Crippen molar-refractivity contribution in [1.82, 2.24) is 4.98 Å². The maximum Gasteiger partial charge on any atom is 0.312 e. The van der Waals surface area contributed by atoms with Crippen LogP contribution in [0.5, 0.6) is 5.95 Å². The van der Waals surface area contributed by atoms with E-state index in [2.05, 4.69) is 9.98 Å². The summed E-state index contributed by atoms with van der Waals surface area (Å²) in [5, 5.41) is 21.0. The molecule has 0 bridgehead atoms. The van der Waals surface area contributed by atoms with Crippen LogP contribution in [-0.4, -0.2) is 21.2 Å². The molecular formula is C16H10ClN3O4. The molecule has 8 heteroatoms. The monoisotopic (exact) mass is 343 g/mol. The molecule has 7 nitrogen and oxygen atoms in total. The number of benzene rings is 2. The Morgan fingerprint density at radius 2 is 2.00 bits per heavy atom. The van der Waals surface area contributed by atoms with Gasteiger partial charge in [-0.15, -0.1) is 0 Å². The lowest BCUT2D eigenvalue weighted by atomic mass is 10.2. The van der Waals surface area contributed by atoms with Gasteiger partial charge in [-0.2, -0.15) is 0 Å². The van der Waals surface area contributed by atoms with E-state index in [1.165, 1.54) is 30.5 Å². The third-order valence-corrected chi connectivity index (χ3v) is 3.34. The lowest BCUT2D eigenvalue weighted by molar-refractivity contribution is -0.384. The molecule has 0 amide bonds. The number of non-ortho nitro benzene ring substituents is 1. The minimum atomic E-state index is -0.500. The molecule has 1 N–H and O–H groups in total. The Kier molecular flexibility index (Phi) is 4.26. The van der Waals surface area contributed by atoms with Crippen LogP contribution in [0.3, 0.4) is 0 Å².